The summed E-state index contributed by atoms with van der Waals surface area (Å²) in [5.41, 5.74) is 0.481. The Balaban J connectivity index is 2.52. The molecule has 0 saturated carbocycles. The SMILES string of the molecule is C[C@H](NCC(=O)Nc1ccc(Br)cc1Cl)C(=O)O. The van der Waals surface area contributed by atoms with E-state index in [1.165, 1.54) is 6.92 Å². The lowest BCUT2D eigenvalue weighted by Gasteiger charge is -2.10. The van der Waals surface area contributed by atoms with Crippen molar-refractivity contribution in [2.45, 2.75) is 13.0 Å². The molecule has 1 rings (SSSR count). The molecule has 5 nitrogen and oxygen atoms in total. The van der Waals surface area contributed by atoms with Crippen molar-refractivity contribution in [3.8, 4) is 0 Å². The molecule has 0 radical (unpaired) electrons. The Morgan fingerprint density at radius 1 is 1.50 bits per heavy atom. The molecule has 1 aromatic carbocycles. The molecule has 0 spiro atoms. The number of carbonyl (C=O) groups excluding carboxylic acids is 1. The molecule has 0 unspecified atom stereocenters. The van der Waals surface area contributed by atoms with Crippen LogP contribution >= 0.6 is 27.5 Å². The molecule has 7 heteroatoms. The van der Waals surface area contributed by atoms with Crippen LogP contribution in [0.15, 0.2) is 22.7 Å². The van der Waals surface area contributed by atoms with Crippen molar-refractivity contribution in [3.05, 3.63) is 27.7 Å². The third-order valence-electron chi connectivity index (χ3n) is 2.14. The average Bonchev–Trinajstić information content (AvgIpc) is 2.29. The van der Waals surface area contributed by atoms with Gasteiger partial charge in [-0.15, -0.1) is 0 Å². The summed E-state index contributed by atoms with van der Waals surface area (Å²) in [5.74, 6) is -1.36. The lowest BCUT2D eigenvalue weighted by atomic mass is 10.3. The fourth-order valence-corrected chi connectivity index (χ4v) is 1.84. The number of anilines is 1. The van der Waals surface area contributed by atoms with Crippen molar-refractivity contribution in [1.29, 1.82) is 0 Å². The van der Waals surface area contributed by atoms with Crippen LogP contribution in [0.3, 0.4) is 0 Å². The third-order valence-corrected chi connectivity index (χ3v) is 2.95. The van der Waals surface area contributed by atoms with Gasteiger partial charge in [-0.05, 0) is 25.1 Å². The number of rotatable bonds is 5. The predicted molar refractivity (Wildman–Crippen MR) is 72.9 cm³/mol. The van der Waals surface area contributed by atoms with E-state index in [0.29, 0.717) is 10.7 Å². The summed E-state index contributed by atoms with van der Waals surface area (Å²) in [5, 5.41) is 14.2. The highest BCUT2D eigenvalue weighted by Gasteiger charge is 2.12. The largest absolute Gasteiger partial charge is 0.480 e. The summed E-state index contributed by atoms with van der Waals surface area (Å²) in [7, 11) is 0. The van der Waals surface area contributed by atoms with Gasteiger partial charge in [0.25, 0.3) is 0 Å². The zero-order valence-electron chi connectivity index (χ0n) is 9.54. The first kappa shape index (κ1) is 14.9. The molecule has 98 valence electrons. The van der Waals surface area contributed by atoms with Crippen LogP contribution in [0.2, 0.25) is 5.02 Å². The smallest absolute Gasteiger partial charge is 0.320 e. The van der Waals surface area contributed by atoms with E-state index in [4.69, 9.17) is 16.7 Å². The number of carboxylic acids is 1. The van der Waals surface area contributed by atoms with E-state index in [-0.39, 0.29) is 12.5 Å². The minimum atomic E-state index is -1.01. The number of amides is 1. The molecule has 0 aliphatic carbocycles. The van der Waals surface area contributed by atoms with Crippen LogP contribution in [0.5, 0.6) is 0 Å². The number of nitrogens with one attached hydrogen (secondary N) is 2. The van der Waals surface area contributed by atoms with Crippen molar-refractivity contribution in [2.75, 3.05) is 11.9 Å². The fraction of sp³-hybridized carbons (Fsp3) is 0.273. The van der Waals surface area contributed by atoms with Crippen LogP contribution < -0.4 is 10.6 Å². The highest BCUT2D eigenvalue weighted by atomic mass is 79.9. The highest BCUT2D eigenvalue weighted by Crippen LogP contribution is 2.25. The molecular weight excluding hydrogens is 323 g/mol. The lowest BCUT2D eigenvalue weighted by molar-refractivity contribution is -0.139. The van der Waals surface area contributed by atoms with Crippen molar-refractivity contribution >= 4 is 45.1 Å². The van der Waals surface area contributed by atoms with Crippen LogP contribution in [0.25, 0.3) is 0 Å². The van der Waals surface area contributed by atoms with E-state index in [2.05, 4.69) is 26.6 Å². The second kappa shape index (κ2) is 6.72. The zero-order chi connectivity index (χ0) is 13.7. The van der Waals surface area contributed by atoms with Crippen molar-refractivity contribution < 1.29 is 14.7 Å². The maximum Gasteiger partial charge on any atom is 0.320 e. The molecule has 1 aromatic rings. The highest BCUT2D eigenvalue weighted by molar-refractivity contribution is 9.10. The topological polar surface area (TPSA) is 78.4 Å². The Morgan fingerprint density at radius 2 is 2.17 bits per heavy atom. The predicted octanol–water partition coefficient (Wildman–Crippen LogP) is 2.10. The number of hydrogen-bond donors (Lipinski definition) is 3. The number of benzene rings is 1. The van der Waals surface area contributed by atoms with Crippen molar-refractivity contribution in [2.24, 2.45) is 0 Å². The summed E-state index contributed by atoms with van der Waals surface area (Å²) in [6.45, 7) is 1.36. The molecule has 1 atom stereocenters. The van der Waals surface area contributed by atoms with Gasteiger partial charge in [-0.25, -0.2) is 0 Å². The van der Waals surface area contributed by atoms with Gasteiger partial charge in [0.05, 0.1) is 17.3 Å². The van der Waals surface area contributed by atoms with Gasteiger partial charge < -0.3 is 10.4 Å². The van der Waals surface area contributed by atoms with Crippen LogP contribution in [-0.2, 0) is 9.59 Å². The lowest BCUT2D eigenvalue weighted by Crippen LogP contribution is -2.39. The van der Waals surface area contributed by atoms with Crippen LogP contribution in [0.1, 0.15) is 6.92 Å². The summed E-state index contributed by atoms with van der Waals surface area (Å²) in [4.78, 5) is 22.1. The Hall–Kier alpha value is -1.11. The summed E-state index contributed by atoms with van der Waals surface area (Å²) in [6, 6.07) is 4.28. The van der Waals surface area contributed by atoms with Gasteiger partial charge in [0.15, 0.2) is 0 Å². The van der Waals surface area contributed by atoms with E-state index in [1.807, 2.05) is 0 Å². The summed E-state index contributed by atoms with van der Waals surface area (Å²) in [6.07, 6.45) is 0. The molecule has 0 aliphatic rings. The minimum absolute atomic E-state index is 0.0974. The van der Waals surface area contributed by atoms with Gasteiger partial charge in [0.1, 0.15) is 6.04 Å². The molecule has 0 fully saturated rings. The van der Waals surface area contributed by atoms with E-state index >= 15 is 0 Å². The Morgan fingerprint density at radius 3 is 2.72 bits per heavy atom. The minimum Gasteiger partial charge on any atom is -0.480 e. The van der Waals surface area contributed by atoms with Crippen molar-refractivity contribution in [1.82, 2.24) is 5.32 Å². The quantitative estimate of drug-likeness (QED) is 0.770. The van der Waals surface area contributed by atoms with Gasteiger partial charge in [-0.2, -0.15) is 0 Å². The normalized spacial score (nSPS) is 11.9. The second-order valence-electron chi connectivity index (χ2n) is 3.61. The second-order valence-corrected chi connectivity index (χ2v) is 4.94. The summed E-state index contributed by atoms with van der Waals surface area (Å²) < 4.78 is 0.808. The number of hydrogen-bond acceptors (Lipinski definition) is 3. The first-order valence-corrected chi connectivity index (χ1v) is 6.28. The number of carboxylic acid groups (broad SMARTS) is 1. The van der Waals surface area contributed by atoms with E-state index in [9.17, 15) is 9.59 Å². The van der Waals surface area contributed by atoms with E-state index < -0.39 is 12.0 Å². The molecule has 0 saturated heterocycles. The van der Waals surface area contributed by atoms with Crippen LogP contribution in [-0.4, -0.2) is 29.6 Å². The maximum atomic E-state index is 11.5. The maximum absolute atomic E-state index is 11.5. The first-order chi connectivity index (χ1) is 8.40. The van der Waals surface area contributed by atoms with Gasteiger partial charge in [0.2, 0.25) is 5.91 Å². The van der Waals surface area contributed by atoms with E-state index in [0.717, 1.165) is 4.47 Å². The van der Waals surface area contributed by atoms with Crippen LogP contribution in [0.4, 0.5) is 5.69 Å². The fourth-order valence-electron chi connectivity index (χ4n) is 1.12. The number of carbonyl (C=O) groups is 2. The Kier molecular flexibility index (Phi) is 5.58. The van der Waals surface area contributed by atoms with E-state index in [1.54, 1.807) is 18.2 Å². The molecular formula is C11H12BrClN2O3. The van der Waals surface area contributed by atoms with Gasteiger partial charge in [0, 0.05) is 4.47 Å². The van der Waals surface area contributed by atoms with Crippen molar-refractivity contribution in [3.63, 3.8) is 0 Å². The molecule has 1 amide bonds. The monoisotopic (exact) mass is 334 g/mol. The van der Waals surface area contributed by atoms with Gasteiger partial charge in [-0.3, -0.25) is 14.9 Å². The molecule has 0 aromatic heterocycles. The van der Waals surface area contributed by atoms with Gasteiger partial charge in [-0.1, -0.05) is 27.5 Å². The number of halogens is 2. The average molecular weight is 336 g/mol. The standard InChI is InChI=1S/C11H12BrClN2O3/c1-6(11(17)18)14-5-10(16)15-9-3-2-7(12)4-8(9)13/h2-4,6,14H,5H2,1H3,(H,15,16)(H,17,18)/t6-/m0/s1. The Bertz CT molecular complexity index is 468. The third kappa shape index (κ3) is 4.64. The molecule has 3 N–H and O–H groups in total. The molecule has 0 heterocycles. The zero-order valence-corrected chi connectivity index (χ0v) is 11.9. The first-order valence-electron chi connectivity index (χ1n) is 5.11. The molecule has 18 heavy (non-hydrogen) atoms. The van der Waals surface area contributed by atoms with Crippen LogP contribution in [0, 0.1) is 0 Å². The Labute approximate surface area is 118 Å². The molecule has 0 aliphatic heterocycles. The number of aliphatic carboxylic acids is 1. The summed E-state index contributed by atoms with van der Waals surface area (Å²) >= 11 is 9.18. The van der Waals surface area contributed by atoms with Gasteiger partial charge >= 0.3 is 5.97 Å². The molecule has 0 bridgehead atoms.